The van der Waals surface area contributed by atoms with Gasteiger partial charge in [-0.15, -0.1) is 0 Å². The standard InChI is InChI=1S/C14H13N5O/c1-20-13-7-12(18-14(15)19-13)17-10-6-9-4-2-3-5-11(9)16-8-10/h2-8H,1H3,(H3,15,17,18,19). The molecule has 100 valence electrons. The van der Waals surface area contributed by atoms with Crippen LogP contribution in [0, 0.1) is 0 Å². The summed E-state index contributed by atoms with van der Waals surface area (Å²) in [5.74, 6) is 1.13. The van der Waals surface area contributed by atoms with E-state index in [2.05, 4.69) is 20.3 Å². The van der Waals surface area contributed by atoms with Crippen LogP contribution in [-0.2, 0) is 0 Å². The van der Waals surface area contributed by atoms with E-state index in [1.165, 1.54) is 7.11 Å². The summed E-state index contributed by atoms with van der Waals surface area (Å²) in [4.78, 5) is 12.4. The van der Waals surface area contributed by atoms with E-state index in [9.17, 15) is 0 Å². The van der Waals surface area contributed by atoms with Gasteiger partial charge in [0.2, 0.25) is 11.8 Å². The van der Waals surface area contributed by atoms with Crippen LogP contribution in [0.15, 0.2) is 42.6 Å². The van der Waals surface area contributed by atoms with Gasteiger partial charge in [-0.1, -0.05) is 18.2 Å². The molecule has 0 fully saturated rings. The summed E-state index contributed by atoms with van der Waals surface area (Å²) in [6.07, 6.45) is 1.74. The summed E-state index contributed by atoms with van der Waals surface area (Å²) < 4.78 is 5.06. The number of hydrogen-bond donors (Lipinski definition) is 2. The topological polar surface area (TPSA) is 86.0 Å². The molecule has 0 saturated heterocycles. The van der Waals surface area contributed by atoms with Crippen molar-refractivity contribution in [3.05, 3.63) is 42.6 Å². The molecule has 0 bridgehead atoms. The number of nitrogens with two attached hydrogens (primary N) is 1. The second kappa shape index (κ2) is 5.00. The van der Waals surface area contributed by atoms with Crippen LogP contribution in [0.3, 0.4) is 0 Å². The molecule has 3 rings (SSSR count). The molecule has 2 heterocycles. The number of rotatable bonds is 3. The van der Waals surface area contributed by atoms with Crippen molar-refractivity contribution in [3.8, 4) is 5.88 Å². The fourth-order valence-electron chi connectivity index (χ4n) is 1.90. The molecule has 0 saturated carbocycles. The number of fused-ring (bicyclic) bond motifs is 1. The lowest BCUT2D eigenvalue weighted by Crippen LogP contribution is -2.02. The van der Waals surface area contributed by atoms with E-state index in [1.807, 2.05) is 30.3 Å². The van der Waals surface area contributed by atoms with E-state index in [1.54, 1.807) is 12.3 Å². The number of nitrogen functional groups attached to an aromatic ring is 1. The fourth-order valence-corrected chi connectivity index (χ4v) is 1.90. The van der Waals surface area contributed by atoms with Crippen molar-refractivity contribution in [1.29, 1.82) is 0 Å². The van der Waals surface area contributed by atoms with Gasteiger partial charge in [-0.3, -0.25) is 4.98 Å². The lowest BCUT2D eigenvalue weighted by Gasteiger charge is -2.08. The summed E-state index contributed by atoms with van der Waals surface area (Å²) in [6, 6.07) is 11.6. The molecule has 0 atom stereocenters. The molecule has 3 N–H and O–H groups in total. The van der Waals surface area contributed by atoms with E-state index < -0.39 is 0 Å². The highest BCUT2D eigenvalue weighted by Gasteiger charge is 2.04. The molecular weight excluding hydrogens is 254 g/mol. The number of para-hydroxylation sites is 1. The first-order chi connectivity index (χ1) is 9.74. The van der Waals surface area contributed by atoms with E-state index in [4.69, 9.17) is 10.5 Å². The summed E-state index contributed by atoms with van der Waals surface area (Å²) >= 11 is 0. The monoisotopic (exact) mass is 267 g/mol. The Morgan fingerprint density at radius 1 is 1.15 bits per heavy atom. The Morgan fingerprint density at radius 2 is 2.00 bits per heavy atom. The van der Waals surface area contributed by atoms with Crippen LogP contribution in [0.5, 0.6) is 5.88 Å². The minimum absolute atomic E-state index is 0.153. The van der Waals surface area contributed by atoms with Crippen LogP contribution in [0.25, 0.3) is 10.9 Å². The lowest BCUT2D eigenvalue weighted by molar-refractivity contribution is 0.398. The van der Waals surface area contributed by atoms with Crippen LogP contribution in [0.2, 0.25) is 0 Å². The molecule has 6 nitrogen and oxygen atoms in total. The molecule has 20 heavy (non-hydrogen) atoms. The number of benzene rings is 1. The Balaban J connectivity index is 1.94. The van der Waals surface area contributed by atoms with Gasteiger partial charge in [0.15, 0.2) is 0 Å². The van der Waals surface area contributed by atoms with Gasteiger partial charge in [0.1, 0.15) is 5.82 Å². The van der Waals surface area contributed by atoms with Gasteiger partial charge in [0.05, 0.1) is 24.5 Å². The molecule has 0 aliphatic heterocycles. The first-order valence-electron chi connectivity index (χ1n) is 6.05. The molecule has 2 aromatic heterocycles. The van der Waals surface area contributed by atoms with Crippen molar-refractivity contribution in [2.45, 2.75) is 0 Å². The Bertz CT molecular complexity index is 759. The smallest absolute Gasteiger partial charge is 0.225 e. The van der Waals surface area contributed by atoms with Gasteiger partial charge in [-0.05, 0) is 12.1 Å². The van der Waals surface area contributed by atoms with Crippen molar-refractivity contribution >= 4 is 28.4 Å². The van der Waals surface area contributed by atoms with E-state index in [-0.39, 0.29) is 5.95 Å². The first kappa shape index (κ1) is 12.2. The second-order valence-electron chi connectivity index (χ2n) is 4.20. The number of hydrogen-bond acceptors (Lipinski definition) is 6. The van der Waals surface area contributed by atoms with Crippen molar-refractivity contribution < 1.29 is 4.74 Å². The maximum Gasteiger partial charge on any atom is 0.225 e. The van der Waals surface area contributed by atoms with Gasteiger partial charge < -0.3 is 15.8 Å². The number of methoxy groups -OCH3 is 1. The average molecular weight is 267 g/mol. The number of nitrogens with one attached hydrogen (secondary N) is 1. The predicted molar refractivity (Wildman–Crippen MR) is 78.0 cm³/mol. The minimum Gasteiger partial charge on any atom is -0.481 e. The van der Waals surface area contributed by atoms with Crippen LogP contribution in [-0.4, -0.2) is 22.1 Å². The van der Waals surface area contributed by atoms with Gasteiger partial charge in [-0.25, -0.2) is 0 Å². The largest absolute Gasteiger partial charge is 0.481 e. The van der Waals surface area contributed by atoms with Crippen LogP contribution in [0.4, 0.5) is 17.5 Å². The normalized spacial score (nSPS) is 10.4. The van der Waals surface area contributed by atoms with Crippen LogP contribution in [0.1, 0.15) is 0 Å². The summed E-state index contributed by atoms with van der Waals surface area (Å²) in [6.45, 7) is 0. The highest BCUT2D eigenvalue weighted by atomic mass is 16.5. The highest BCUT2D eigenvalue weighted by Crippen LogP contribution is 2.21. The quantitative estimate of drug-likeness (QED) is 0.757. The highest BCUT2D eigenvalue weighted by molar-refractivity contribution is 5.82. The average Bonchev–Trinajstić information content (AvgIpc) is 2.46. The van der Waals surface area contributed by atoms with Crippen molar-refractivity contribution in [1.82, 2.24) is 15.0 Å². The molecule has 0 unspecified atom stereocenters. The third-order valence-corrected chi connectivity index (χ3v) is 2.79. The molecule has 0 amide bonds. The molecule has 6 heteroatoms. The van der Waals surface area contributed by atoms with Gasteiger partial charge in [-0.2, -0.15) is 9.97 Å². The van der Waals surface area contributed by atoms with Gasteiger partial charge in [0.25, 0.3) is 0 Å². The first-order valence-corrected chi connectivity index (χ1v) is 6.05. The summed E-state index contributed by atoms with van der Waals surface area (Å²) in [7, 11) is 1.53. The van der Waals surface area contributed by atoms with Gasteiger partial charge >= 0.3 is 0 Å². The van der Waals surface area contributed by atoms with E-state index in [0.717, 1.165) is 16.6 Å². The maximum absolute atomic E-state index is 5.62. The summed E-state index contributed by atoms with van der Waals surface area (Å²) in [5, 5.41) is 4.19. The number of ether oxygens (including phenoxy) is 1. The molecule has 0 aliphatic carbocycles. The van der Waals surface area contributed by atoms with Crippen LogP contribution < -0.4 is 15.8 Å². The van der Waals surface area contributed by atoms with Gasteiger partial charge in [0, 0.05) is 11.5 Å². The number of anilines is 3. The Labute approximate surface area is 115 Å². The van der Waals surface area contributed by atoms with E-state index >= 15 is 0 Å². The van der Waals surface area contributed by atoms with Crippen molar-refractivity contribution in [3.63, 3.8) is 0 Å². The van der Waals surface area contributed by atoms with Crippen molar-refractivity contribution in [2.75, 3.05) is 18.2 Å². The van der Waals surface area contributed by atoms with Crippen LogP contribution >= 0.6 is 0 Å². The molecule has 0 radical (unpaired) electrons. The molecule has 0 spiro atoms. The SMILES string of the molecule is COc1cc(Nc2cnc3ccccc3c2)nc(N)n1. The molecule has 3 aromatic rings. The molecule has 0 aliphatic rings. The molecular formula is C14H13N5O. The summed E-state index contributed by atoms with van der Waals surface area (Å²) in [5.41, 5.74) is 7.39. The Kier molecular flexibility index (Phi) is 3.04. The third-order valence-electron chi connectivity index (χ3n) is 2.79. The number of pyridine rings is 1. The fraction of sp³-hybridized carbons (Fsp3) is 0.0714. The minimum atomic E-state index is 0.153. The third kappa shape index (κ3) is 2.44. The van der Waals surface area contributed by atoms with Crippen molar-refractivity contribution in [2.24, 2.45) is 0 Å². The predicted octanol–water partition coefficient (Wildman–Crippen LogP) is 2.36. The van der Waals surface area contributed by atoms with E-state index in [0.29, 0.717) is 11.7 Å². The Morgan fingerprint density at radius 3 is 2.85 bits per heavy atom. The zero-order valence-electron chi connectivity index (χ0n) is 10.9. The second-order valence-corrected chi connectivity index (χ2v) is 4.20. The Hall–Kier alpha value is -2.89. The number of aromatic nitrogens is 3. The molecule has 1 aromatic carbocycles. The number of nitrogens with zero attached hydrogens (tertiary/aromatic N) is 3. The zero-order chi connectivity index (χ0) is 13.9. The maximum atomic E-state index is 5.62. The zero-order valence-corrected chi connectivity index (χ0v) is 10.9. The lowest BCUT2D eigenvalue weighted by atomic mass is 10.2.